The smallest absolute Gasteiger partial charge is 0.372 e. The van der Waals surface area contributed by atoms with E-state index in [1.807, 2.05) is 0 Å². The van der Waals surface area contributed by atoms with Crippen LogP contribution in [0.2, 0.25) is 0 Å². The van der Waals surface area contributed by atoms with Crippen molar-refractivity contribution >= 4 is 18.0 Å². The van der Waals surface area contributed by atoms with E-state index in [1.54, 1.807) is 6.92 Å². The molecule has 0 aromatic carbocycles. The highest BCUT2D eigenvalue weighted by Gasteiger charge is 2.16. The summed E-state index contributed by atoms with van der Waals surface area (Å²) in [6.07, 6.45) is 1.20. The molecule has 0 aliphatic heterocycles. The Kier molecular flexibility index (Phi) is 6.19. The highest BCUT2D eigenvalue weighted by atomic mass is 16.5. The Hall–Kier alpha value is -1.52. The Morgan fingerprint density at radius 1 is 1.64 bits per heavy atom. The van der Waals surface area contributed by atoms with Gasteiger partial charge in [-0.3, -0.25) is 9.59 Å². The first-order valence-electron chi connectivity index (χ1n) is 4.26. The number of ether oxygens (including phenoxy) is 1. The lowest BCUT2D eigenvalue weighted by molar-refractivity contribution is -0.145. The first-order valence-corrected chi connectivity index (χ1v) is 4.26. The van der Waals surface area contributed by atoms with Gasteiger partial charge in [0.25, 0.3) is 0 Å². The summed E-state index contributed by atoms with van der Waals surface area (Å²) in [5.41, 5.74) is 11.8. The molecule has 0 rings (SSSR count). The third-order valence-corrected chi connectivity index (χ3v) is 1.50. The van der Waals surface area contributed by atoms with Crippen LogP contribution in [0.4, 0.5) is 0 Å². The second-order valence-electron chi connectivity index (χ2n) is 2.62. The molecule has 0 unspecified atom stereocenters. The minimum absolute atomic E-state index is 0.0996. The Morgan fingerprint density at radius 3 is 2.79 bits per heavy atom. The number of nitrogens with one attached hydrogen (secondary N) is 1. The van der Waals surface area contributed by atoms with E-state index in [0.29, 0.717) is 0 Å². The molecule has 0 aliphatic rings. The van der Waals surface area contributed by atoms with E-state index in [-0.39, 0.29) is 25.2 Å². The Morgan fingerprint density at radius 2 is 2.29 bits per heavy atom. The predicted octanol–water partition coefficient (Wildman–Crippen LogP) is -0.464. The molecule has 0 aliphatic carbocycles. The second-order valence-corrected chi connectivity index (χ2v) is 2.62. The lowest BCUT2D eigenvalue weighted by Gasteiger charge is -2.07. The Labute approximate surface area is 81.7 Å². The molecule has 0 heterocycles. The molecule has 1 atom stereocenters. The molecule has 3 N–H and O–H groups in total. The van der Waals surface area contributed by atoms with E-state index in [1.165, 1.54) is 0 Å². The zero-order valence-electron chi connectivity index (χ0n) is 8.03. The van der Waals surface area contributed by atoms with Crippen LogP contribution in [0.1, 0.15) is 19.8 Å². The molecule has 0 aromatic rings. The molecule has 14 heavy (non-hydrogen) atoms. The molecule has 78 valence electrons. The maximum absolute atomic E-state index is 11.0. The van der Waals surface area contributed by atoms with Gasteiger partial charge in [-0.25, -0.2) is 0 Å². The third kappa shape index (κ3) is 5.18. The maximum atomic E-state index is 11.0. The Balaban J connectivity index is 3.83. The second kappa shape index (κ2) is 6.94. The van der Waals surface area contributed by atoms with Gasteiger partial charge in [-0.1, -0.05) is 0 Å². The minimum atomic E-state index is -0.780. The van der Waals surface area contributed by atoms with Gasteiger partial charge >= 0.3 is 12.2 Å². The summed E-state index contributed by atoms with van der Waals surface area (Å²) in [6.45, 7) is 1.96. The first-order chi connectivity index (χ1) is 6.61. The average Bonchev–Trinajstić information content (AvgIpc) is 2.15. The fourth-order valence-corrected chi connectivity index (χ4v) is 0.801. The summed E-state index contributed by atoms with van der Waals surface area (Å²) in [6, 6.07) is -0.780. The molecule has 0 amide bonds. The van der Waals surface area contributed by atoms with Crippen molar-refractivity contribution in [3.05, 3.63) is 0 Å². The van der Waals surface area contributed by atoms with Crippen LogP contribution in [0.5, 0.6) is 0 Å². The molecule has 0 fully saturated rings. The van der Waals surface area contributed by atoms with Crippen molar-refractivity contribution in [1.82, 2.24) is 0 Å². The molecular weight excluding hydrogens is 186 g/mol. The fraction of sp³-hybridized carbons (Fsp3) is 0.625. The molecule has 0 saturated heterocycles. The van der Waals surface area contributed by atoms with Gasteiger partial charge in [0, 0.05) is 6.42 Å². The minimum Gasteiger partial charge on any atom is -0.465 e. The van der Waals surface area contributed by atoms with E-state index in [9.17, 15) is 9.59 Å². The van der Waals surface area contributed by atoms with E-state index < -0.39 is 12.0 Å². The standard InChI is InChI=1S/C8H14N3O3/c1-2-14-8(13)7(9)4-3-6(12)5-11-10/h5,7,10H,2-4,9H2,1H3/q+1/t7-/m0/s1. The molecule has 6 heteroatoms. The number of carbonyl (C=O) groups is 2. The van der Waals surface area contributed by atoms with Crippen LogP contribution < -0.4 is 5.73 Å². The molecule has 0 radical (unpaired) electrons. The summed E-state index contributed by atoms with van der Waals surface area (Å²) >= 11 is 0. The first kappa shape index (κ1) is 12.5. The molecule has 0 aromatic heterocycles. The van der Waals surface area contributed by atoms with E-state index in [4.69, 9.17) is 11.3 Å². The molecule has 0 spiro atoms. The maximum Gasteiger partial charge on any atom is 0.372 e. The van der Waals surface area contributed by atoms with Crippen LogP contribution in [0.3, 0.4) is 0 Å². The van der Waals surface area contributed by atoms with Crippen molar-refractivity contribution in [1.29, 1.82) is 5.53 Å². The zero-order chi connectivity index (χ0) is 11.0. The van der Waals surface area contributed by atoms with Crippen LogP contribution >= 0.6 is 0 Å². The van der Waals surface area contributed by atoms with Crippen LogP contribution in [0.25, 0.3) is 0 Å². The normalized spacial score (nSPS) is 11.3. The third-order valence-electron chi connectivity index (χ3n) is 1.50. The number of rotatable bonds is 6. The van der Waals surface area contributed by atoms with Crippen molar-refractivity contribution in [3.8, 4) is 0 Å². The lowest BCUT2D eigenvalue weighted by Crippen LogP contribution is -2.32. The van der Waals surface area contributed by atoms with Gasteiger partial charge in [0.1, 0.15) is 6.04 Å². The topological polar surface area (TPSA) is 107 Å². The van der Waals surface area contributed by atoms with Gasteiger partial charge in [0.05, 0.1) is 16.9 Å². The van der Waals surface area contributed by atoms with E-state index >= 15 is 0 Å². The number of ketones is 1. The predicted molar refractivity (Wildman–Crippen MR) is 47.9 cm³/mol. The Bertz CT molecular complexity index is 259. The number of hydrogen-bond donors (Lipinski definition) is 2. The summed E-state index contributed by atoms with van der Waals surface area (Å²) in [7, 11) is 0. The number of nitrogens with two attached hydrogens (primary N) is 1. The monoisotopic (exact) mass is 200 g/mol. The summed E-state index contributed by atoms with van der Waals surface area (Å²) in [4.78, 5) is 24.6. The fourth-order valence-electron chi connectivity index (χ4n) is 0.801. The number of carbonyl (C=O) groups excluding carboxylic acids is 2. The lowest BCUT2D eigenvalue weighted by atomic mass is 10.1. The van der Waals surface area contributed by atoms with Crippen molar-refractivity contribution in [2.75, 3.05) is 6.61 Å². The van der Waals surface area contributed by atoms with Crippen LogP contribution in [-0.4, -0.2) is 35.4 Å². The van der Waals surface area contributed by atoms with E-state index in [2.05, 4.69) is 9.53 Å². The number of hydrogen-bond acceptors (Lipinski definition) is 5. The van der Waals surface area contributed by atoms with Gasteiger partial charge in [0.2, 0.25) is 5.78 Å². The van der Waals surface area contributed by atoms with Crippen molar-refractivity contribution in [2.24, 2.45) is 5.73 Å². The van der Waals surface area contributed by atoms with Gasteiger partial charge in [0.15, 0.2) is 0 Å². The molecule has 0 bridgehead atoms. The van der Waals surface area contributed by atoms with Crippen molar-refractivity contribution in [3.63, 3.8) is 0 Å². The van der Waals surface area contributed by atoms with Gasteiger partial charge in [-0.15, -0.1) is 0 Å². The number of nitrogens with zero attached hydrogens (tertiary/aromatic N) is 1. The summed E-state index contributed by atoms with van der Waals surface area (Å²) < 4.78 is 4.65. The van der Waals surface area contributed by atoms with Gasteiger partial charge < -0.3 is 10.5 Å². The SMILES string of the molecule is CCOC(=O)[C@@H](N)CCC(=O)C=[N+]=N. The zero-order valence-corrected chi connectivity index (χ0v) is 8.03. The van der Waals surface area contributed by atoms with Crippen LogP contribution in [0, 0.1) is 5.53 Å². The summed E-state index contributed by atoms with van der Waals surface area (Å²) in [5.74, 6) is -0.831. The van der Waals surface area contributed by atoms with Gasteiger partial charge in [-0.05, 0) is 13.3 Å². The average molecular weight is 200 g/mol. The molecule has 0 saturated carbocycles. The van der Waals surface area contributed by atoms with Gasteiger partial charge in [-0.2, -0.15) is 0 Å². The van der Waals surface area contributed by atoms with Crippen LogP contribution in [-0.2, 0) is 14.3 Å². The summed E-state index contributed by atoms with van der Waals surface area (Å²) in [5, 5.41) is 0. The largest absolute Gasteiger partial charge is 0.465 e. The highest BCUT2D eigenvalue weighted by molar-refractivity contribution is 6.25. The highest BCUT2D eigenvalue weighted by Crippen LogP contribution is 1.97. The number of esters is 1. The van der Waals surface area contributed by atoms with E-state index in [0.717, 1.165) is 6.21 Å². The quantitative estimate of drug-likeness (QED) is 0.261. The van der Waals surface area contributed by atoms with Crippen LogP contribution in [0.15, 0.2) is 0 Å². The molecular formula is C8H14N3O3+. The number of Topliss-reactive ketones (excluding diaryl/α,β-unsaturated/α-hetero) is 1. The van der Waals surface area contributed by atoms with Crippen molar-refractivity contribution in [2.45, 2.75) is 25.8 Å². The molecule has 6 nitrogen and oxygen atoms in total. The van der Waals surface area contributed by atoms with Crippen molar-refractivity contribution < 1.29 is 19.1 Å².